The van der Waals surface area contributed by atoms with Crippen LogP contribution in [0, 0.1) is 0 Å². The molecule has 0 aliphatic rings. The maximum Gasteiger partial charge on any atom is 0.109 e. The van der Waals surface area contributed by atoms with Crippen LogP contribution in [-0.2, 0) is 0 Å². The highest BCUT2D eigenvalue weighted by atomic mass is 14.9. The summed E-state index contributed by atoms with van der Waals surface area (Å²) in [4.78, 5) is 7.77. The summed E-state index contributed by atoms with van der Waals surface area (Å²) >= 11 is 0. The molecule has 0 aliphatic heterocycles. The van der Waals surface area contributed by atoms with Gasteiger partial charge in [-0.25, -0.2) is 4.98 Å². The summed E-state index contributed by atoms with van der Waals surface area (Å²) in [7, 11) is 0. The van der Waals surface area contributed by atoms with Crippen LogP contribution in [0.1, 0.15) is 89.8 Å². The molecule has 2 heteroatoms. The van der Waals surface area contributed by atoms with E-state index in [1.807, 2.05) is 12.4 Å². The fraction of sp³-hybridized carbons (Fsp3) is 0.812. The van der Waals surface area contributed by atoms with Crippen LogP contribution in [0.4, 0.5) is 0 Å². The Kier molecular flexibility index (Phi) is 8.62. The molecule has 0 spiro atoms. The average Bonchev–Trinajstić information content (AvgIpc) is 2.91. The first-order valence-electron chi connectivity index (χ1n) is 7.87. The van der Waals surface area contributed by atoms with Gasteiger partial charge in [0.05, 0.1) is 0 Å². The molecule has 0 amide bonds. The van der Waals surface area contributed by atoms with E-state index in [0.717, 1.165) is 0 Å². The second-order valence-corrected chi connectivity index (χ2v) is 5.37. The summed E-state index contributed by atoms with van der Waals surface area (Å²) in [6.07, 6.45) is 17.3. The zero-order valence-corrected chi connectivity index (χ0v) is 12.3. The topological polar surface area (TPSA) is 28.7 Å². The van der Waals surface area contributed by atoms with E-state index in [1.165, 1.54) is 70.0 Å². The van der Waals surface area contributed by atoms with E-state index in [1.54, 1.807) is 0 Å². The third kappa shape index (κ3) is 6.23. The molecule has 0 radical (unpaired) electrons. The lowest BCUT2D eigenvalue weighted by Crippen LogP contribution is -2.02. The first-order chi connectivity index (χ1) is 8.88. The van der Waals surface area contributed by atoms with Crippen LogP contribution in [-0.4, -0.2) is 9.97 Å². The number of unbranched alkanes of at least 4 members (excludes halogenated alkanes) is 6. The molecule has 0 saturated carbocycles. The number of aromatic nitrogens is 2. The molecule has 0 saturated heterocycles. The van der Waals surface area contributed by atoms with Gasteiger partial charge in [-0.3, -0.25) is 0 Å². The zero-order chi connectivity index (χ0) is 13.1. The fourth-order valence-electron chi connectivity index (χ4n) is 2.55. The van der Waals surface area contributed by atoms with Crippen molar-refractivity contribution in [2.24, 2.45) is 0 Å². The number of nitrogens with one attached hydrogen (secondary N) is 1. The highest BCUT2D eigenvalue weighted by Gasteiger charge is 2.13. The molecule has 104 valence electrons. The normalized spacial score (nSPS) is 11.3. The van der Waals surface area contributed by atoms with Crippen LogP contribution in [0.25, 0.3) is 0 Å². The van der Waals surface area contributed by atoms with E-state index in [-0.39, 0.29) is 0 Å². The Morgan fingerprint density at radius 2 is 1.56 bits per heavy atom. The minimum atomic E-state index is 0.661. The summed E-state index contributed by atoms with van der Waals surface area (Å²) in [5.74, 6) is 1.87. The van der Waals surface area contributed by atoms with Gasteiger partial charge in [-0.2, -0.15) is 0 Å². The van der Waals surface area contributed by atoms with Gasteiger partial charge in [0, 0.05) is 18.3 Å². The third-order valence-electron chi connectivity index (χ3n) is 3.72. The molecule has 2 nitrogen and oxygen atoms in total. The van der Waals surface area contributed by atoms with Gasteiger partial charge in [0.25, 0.3) is 0 Å². The summed E-state index contributed by atoms with van der Waals surface area (Å²) in [5.41, 5.74) is 0. The van der Waals surface area contributed by atoms with Gasteiger partial charge in [0.2, 0.25) is 0 Å². The summed E-state index contributed by atoms with van der Waals surface area (Å²) in [6.45, 7) is 4.55. The first-order valence-corrected chi connectivity index (χ1v) is 7.87. The van der Waals surface area contributed by atoms with Crippen LogP contribution in [0.3, 0.4) is 0 Å². The Bertz CT molecular complexity index is 255. The van der Waals surface area contributed by atoms with E-state index in [9.17, 15) is 0 Å². The summed E-state index contributed by atoms with van der Waals surface area (Å²) in [5, 5.41) is 0. The lowest BCUT2D eigenvalue weighted by atomic mass is 9.94. The smallest absolute Gasteiger partial charge is 0.109 e. The number of hydrogen-bond donors (Lipinski definition) is 1. The van der Waals surface area contributed by atoms with Crippen molar-refractivity contribution >= 4 is 0 Å². The Morgan fingerprint density at radius 1 is 0.944 bits per heavy atom. The summed E-state index contributed by atoms with van der Waals surface area (Å²) < 4.78 is 0. The maximum absolute atomic E-state index is 4.46. The second-order valence-electron chi connectivity index (χ2n) is 5.37. The van der Waals surface area contributed by atoms with Gasteiger partial charge in [-0.05, 0) is 12.8 Å². The number of H-pyrrole nitrogens is 1. The van der Waals surface area contributed by atoms with E-state index < -0.39 is 0 Å². The minimum Gasteiger partial charge on any atom is -0.348 e. The van der Waals surface area contributed by atoms with Crippen LogP contribution < -0.4 is 0 Å². The maximum atomic E-state index is 4.46. The van der Waals surface area contributed by atoms with Gasteiger partial charge in [-0.1, -0.05) is 65.2 Å². The van der Waals surface area contributed by atoms with E-state index in [4.69, 9.17) is 0 Å². The van der Waals surface area contributed by atoms with E-state index in [0.29, 0.717) is 5.92 Å². The number of nitrogens with zero attached hydrogens (tertiary/aromatic N) is 1. The molecular weight excluding hydrogens is 220 g/mol. The molecule has 1 rings (SSSR count). The largest absolute Gasteiger partial charge is 0.348 e. The van der Waals surface area contributed by atoms with Gasteiger partial charge in [-0.15, -0.1) is 0 Å². The quantitative estimate of drug-likeness (QED) is 0.521. The molecule has 0 unspecified atom stereocenters. The molecule has 0 atom stereocenters. The van der Waals surface area contributed by atoms with Crippen molar-refractivity contribution in [3.63, 3.8) is 0 Å². The SMILES string of the molecule is CCCCCCC(CCCCCC)c1ncc[nH]1. The number of imidazole rings is 1. The molecule has 0 aliphatic carbocycles. The predicted octanol–water partition coefficient (Wildman–Crippen LogP) is 5.43. The Morgan fingerprint density at radius 3 is 2.00 bits per heavy atom. The van der Waals surface area contributed by atoms with Crippen molar-refractivity contribution in [2.75, 3.05) is 0 Å². The predicted molar refractivity (Wildman–Crippen MR) is 78.8 cm³/mol. The standard InChI is InChI=1S/C16H30N2/c1-3-5-7-9-11-15(12-10-8-6-4-2)16-17-13-14-18-16/h13-15H,3-12H2,1-2H3,(H,17,18). The highest BCUT2D eigenvalue weighted by molar-refractivity contribution is 4.96. The highest BCUT2D eigenvalue weighted by Crippen LogP contribution is 2.25. The van der Waals surface area contributed by atoms with Crippen molar-refractivity contribution in [2.45, 2.75) is 84.0 Å². The zero-order valence-electron chi connectivity index (χ0n) is 12.3. The Balaban J connectivity index is 2.29. The molecule has 1 N–H and O–H groups in total. The van der Waals surface area contributed by atoms with Crippen LogP contribution in [0.15, 0.2) is 12.4 Å². The van der Waals surface area contributed by atoms with Crippen LogP contribution >= 0.6 is 0 Å². The van der Waals surface area contributed by atoms with Crippen molar-refractivity contribution in [1.82, 2.24) is 9.97 Å². The Hall–Kier alpha value is -0.790. The van der Waals surface area contributed by atoms with Gasteiger partial charge in [0.1, 0.15) is 5.82 Å². The molecule has 1 aromatic heterocycles. The van der Waals surface area contributed by atoms with Crippen molar-refractivity contribution in [1.29, 1.82) is 0 Å². The molecule has 1 aromatic rings. The van der Waals surface area contributed by atoms with Gasteiger partial charge >= 0.3 is 0 Å². The molecular formula is C16H30N2. The van der Waals surface area contributed by atoms with Gasteiger partial charge < -0.3 is 4.98 Å². The lowest BCUT2D eigenvalue weighted by molar-refractivity contribution is 0.482. The van der Waals surface area contributed by atoms with E-state index in [2.05, 4.69) is 23.8 Å². The van der Waals surface area contributed by atoms with E-state index >= 15 is 0 Å². The number of aromatic amines is 1. The number of hydrogen-bond acceptors (Lipinski definition) is 1. The minimum absolute atomic E-state index is 0.661. The monoisotopic (exact) mass is 250 g/mol. The van der Waals surface area contributed by atoms with Gasteiger partial charge in [0.15, 0.2) is 0 Å². The molecule has 0 aromatic carbocycles. The first kappa shape index (κ1) is 15.3. The van der Waals surface area contributed by atoms with Crippen LogP contribution in [0.2, 0.25) is 0 Å². The third-order valence-corrected chi connectivity index (χ3v) is 3.72. The Labute approximate surface area is 113 Å². The second kappa shape index (κ2) is 10.2. The van der Waals surface area contributed by atoms with Crippen LogP contribution in [0.5, 0.6) is 0 Å². The lowest BCUT2D eigenvalue weighted by Gasteiger charge is -2.14. The van der Waals surface area contributed by atoms with Crippen molar-refractivity contribution < 1.29 is 0 Å². The molecule has 0 bridgehead atoms. The molecule has 18 heavy (non-hydrogen) atoms. The molecule has 1 heterocycles. The molecule has 0 fully saturated rings. The van der Waals surface area contributed by atoms with Crippen molar-refractivity contribution in [3.8, 4) is 0 Å². The van der Waals surface area contributed by atoms with Crippen molar-refractivity contribution in [3.05, 3.63) is 18.2 Å². The summed E-state index contributed by atoms with van der Waals surface area (Å²) in [6, 6.07) is 0. The number of rotatable bonds is 11. The fourth-order valence-corrected chi connectivity index (χ4v) is 2.55. The average molecular weight is 250 g/mol.